The maximum absolute atomic E-state index is 11.9. The quantitative estimate of drug-likeness (QED) is 0.241. The summed E-state index contributed by atoms with van der Waals surface area (Å²) in [7, 11) is 0. The highest BCUT2D eigenvalue weighted by Gasteiger charge is 2.25. The highest BCUT2D eigenvalue weighted by molar-refractivity contribution is 8.05. The van der Waals surface area contributed by atoms with E-state index in [9.17, 15) is 9.90 Å². The van der Waals surface area contributed by atoms with E-state index in [0.29, 0.717) is 0 Å². The van der Waals surface area contributed by atoms with Crippen LogP contribution in [0.15, 0.2) is 105 Å². The van der Waals surface area contributed by atoms with Gasteiger partial charge in [-0.15, -0.1) is 0 Å². The third-order valence-corrected chi connectivity index (χ3v) is 8.54. The molecule has 4 aromatic rings. The Kier molecular flexibility index (Phi) is 6.79. The van der Waals surface area contributed by atoms with Crippen molar-refractivity contribution in [1.82, 2.24) is 0 Å². The van der Waals surface area contributed by atoms with E-state index in [4.69, 9.17) is 27.9 Å². The van der Waals surface area contributed by atoms with Crippen molar-refractivity contribution in [3.63, 3.8) is 0 Å². The number of ether oxygens (including phenoxy) is 1. The van der Waals surface area contributed by atoms with Crippen LogP contribution in [0.5, 0.6) is 5.75 Å². The van der Waals surface area contributed by atoms with Crippen molar-refractivity contribution >= 4 is 52.7 Å². The molecule has 34 heavy (non-hydrogen) atoms. The summed E-state index contributed by atoms with van der Waals surface area (Å²) in [5, 5.41) is 10.2. The van der Waals surface area contributed by atoms with Crippen molar-refractivity contribution in [1.29, 1.82) is 0 Å². The Morgan fingerprint density at radius 1 is 0.824 bits per heavy atom. The molecule has 5 rings (SSSR count). The number of benzene rings is 4. The maximum atomic E-state index is 11.9. The molecule has 0 bridgehead atoms. The van der Waals surface area contributed by atoms with E-state index in [2.05, 4.69) is 18.2 Å². The van der Waals surface area contributed by atoms with Gasteiger partial charge in [-0.05, 0) is 47.0 Å². The molecule has 4 aromatic carbocycles. The van der Waals surface area contributed by atoms with Gasteiger partial charge < -0.3 is 9.84 Å². The fraction of sp³-hybridized carbons (Fsp3) is 0.0741. The van der Waals surface area contributed by atoms with Gasteiger partial charge in [0.25, 0.3) is 0 Å². The fourth-order valence-corrected chi connectivity index (χ4v) is 6.73. The minimum absolute atomic E-state index is 0.174. The van der Waals surface area contributed by atoms with Crippen LogP contribution >= 0.6 is 46.7 Å². The van der Waals surface area contributed by atoms with E-state index < -0.39 is 12.1 Å². The number of carboxylic acids is 1. The molecule has 170 valence electrons. The van der Waals surface area contributed by atoms with E-state index in [1.807, 2.05) is 54.6 Å². The van der Waals surface area contributed by atoms with Crippen molar-refractivity contribution in [3.8, 4) is 16.9 Å². The lowest BCUT2D eigenvalue weighted by molar-refractivity contribution is -0.145. The van der Waals surface area contributed by atoms with Crippen molar-refractivity contribution < 1.29 is 14.6 Å². The molecule has 0 unspecified atom stereocenters. The predicted octanol–water partition coefficient (Wildman–Crippen LogP) is 8.35. The molecule has 1 aliphatic rings. The summed E-state index contributed by atoms with van der Waals surface area (Å²) in [5.41, 5.74) is 2.71. The van der Waals surface area contributed by atoms with Crippen LogP contribution in [0, 0.1) is 0 Å². The van der Waals surface area contributed by atoms with Gasteiger partial charge >= 0.3 is 5.97 Å². The van der Waals surface area contributed by atoms with Crippen LogP contribution in [0.4, 0.5) is 0 Å². The van der Waals surface area contributed by atoms with Crippen molar-refractivity contribution in [3.05, 3.63) is 101 Å². The average Bonchev–Trinajstić information content (AvgIpc) is 2.84. The molecule has 0 saturated carbocycles. The topological polar surface area (TPSA) is 46.5 Å². The molecule has 0 amide bonds. The standard InChI is InChI=1S/C27H18Cl2O3S2/c28-19-14-17(18-9-6-12-24-26(18)34-23-11-5-4-10-22(23)33-24)15-20(29)25(19)32-21(27(30)31)13-16-7-2-1-3-8-16/h1-12,14-15,21H,13H2,(H,30,31)/t21-/m1/s1. The number of halogens is 2. The summed E-state index contributed by atoms with van der Waals surface area (Å²) >= 11 is 16.6. The zero-order chi connectivity index (χ0) is 23.7. The summed E-state index contributed by atoms with van der Waals surface area (Å²) in [6.45, 7) is 0. The molecule has 3 nitrogen and oxygen atoms in total. The van der Waals surface area contributed by atoms with Crippen LogP contribution in [0.2, 0.25) is 10.0 Å². The van der Waals surface area contributed by atoms with Crippen molar-refractivity contribution in [2.24, 2.45) is 0 Å². The van der Waals surface area contributed by atoms with Crippen LogP contribution in [0.3, 0.4) is 0 Å². The first-order valence-electron chi connectivity index (χ1n) is 10.5. The Morgan fingerprint density at radius 2 is 1.44 bits per heavy atom. The molecule has 0 fully saturated rings. The van der Waals surface area contributed by atoms with E-state index in [1.54, 1.807) is 35.7 Å². The normalized spacial score (nSPS) is 13.0. The van der Waals surface area contributed by atoms with Crippen molar-refractivity contribution in [2.75, 3.05) is 0 Å². The summed E-state index contributed by atoms with van der Waals surface area (Å²) in [5.74, 6) is -0.906. The van der Waals surface area contributed by atoms with Crippen molar-refractivity contribution in [2.45, 2.75) is 32.1 Å². The lowest BCUT2D eigenvalue weighted by Crippen LogP contribution is -2.29. The number of hydrogen-bond acceptors (Lipinski definition) is 4. The highest BCUT2D eigenvalue weighted by Crippen LogP contribution is 2.52. The number of aliphatic carboxylic acids is 1. The molecule has 7 heteroatoms. The first-order chi connectivity index (χ1) is 16.5. The van der Waals surface area contributed by atoms with Gasteiger partial charge in [-0.1, -0.05) is 101 Å². The van der Waals surface area contributed by atoms with Crippen LogP contribution < -0.4 is 4.74 Å². The molecular weight excluding hydrogens is 507 g/mol. The second-order valence-corrected chi connectivity index (χ2v) is 10.6. The molecule has 0 aliphatic carbocycles. The van der Waals surface area contributed by atoms with Crippen LogP contribution in [0.1, 0.15) is 5.56 Å². The lowest BCUT2D eigenvalue weighted by atomic mass is 10.1. The van der Waals surface area contributed by atoms with Gasteiger partial charge in [-0.3, -0.25) is 0 Å². The number of carbonyl (C=O) groups is 1. The zero-order valence-electron chi connectivity index (χ0n) is 17.7. The summed E-state index contributed by atoms with van der Waals surface area (Å²) in [6.07, 6.45) is -0.916. The van der Waals surface area contributed by atoms with Gasteiger partial charge in [-0.25, -0.2) is 4.79 Å². The molecule has 0 radical (unpaired) electrons. The van der Waals surface area contributed by atoms with Gasteiger partial charge in [-0.2, -0.15) is 0 Å². The van der Waals surface area contributed by atoms with E-state index in [1.165, 1.54) is 14.7 Å². The largest absolute Gasteiger partial charge is 0.478 e. The second-order valence-electron chi connectivity index (χ2n) is 7.69. The number of carboxylic acid groups (broad SMARTS) is 1. The first-order valence-corrected chi connectivity index (χ1v) is 12.9. The SMILES string of the molecule is O=C(O)[C@@H](Cc1ccccc1)Oc1c(Cl)cc(-c2cccc3c2Sc2ccccc2S3)cc1Cl. The lowest BCUT2D eigenvalue weighted by Gasteiger charge is -2.22. The minimum Gasteiger partial charge on any atom is -0.478 e. The Morgan fingerprint density at radius 3 is 2.12 bits per heavy atom. The van der Waals surface area contributed by atoms with Gasteiger partial charge in [0.05, 0.1) is 10.0 Å². The van der Waals surface area contributed by atoms with E-state index in [0.717, 1.165) is 21.6 Å². The number of hydrogen-bond donors (Lipinski definition) is 1. The second kappa shape index (κ2) is 9.96. The Balaban J connectivity index is 1.46. The summed E-state index contributed by atoms with van der Waals surface area (Å²) < 4.78 is 5.82. The molecule has 1 heterocycles. The van der Waals surface area contributed by atoms with Crippen LogP contribution in [0.25, 0.3) is 11.1 Å². The Labute approximate surface area is 216 Å². The maximum Gasteiger partial charge on any atom is 0.345 e. The van der Waals surface area contributed by atoms with E-state index in [-0.39, 0.29) is 22.2 Å². The van der Waals surface area contributed by atoms with Gasteiger partial charge in [0.15, 0.2) is 11.9 Å². The first kappa shape index (κ1) is 23.2. The van der Waals surface area contributed by atoms with E-state index >= 15 is 0 Å². The Hall–Kier alpha value is -2.57. The van der Waals surface area contributed by atoms with Gasteiger partial charge in [0, 0.05) is 26.0 Å². The van der Waals surface area contributed by atoms with Gasteiger partial charge in [0.1, 0.15) is 0 Å². The molecule has 0 saturated heterocycles. The third kappa shape index (κ3) is 4.80. The zero-order valence-corrected chi connectivity index (χ0v) is 20.8. The minimum atomic E-state index is -1.11. The van der Waals surface area contributed by atoms with Crippen LogP contribution in [-0.2, 0) is 11.2 Å². The number of fused-ring (bicyclic) bond motifs is 2. The monoisotopic (exact) mass is 524 g/mol. The average molecular weight is 525 g/mol. The fourth-order valence-electron chi connectivity index (χ4n) is 3.75. The molecule has 0 aromatic heterocycles. The molecular formula is C27H18Cl2O3S2. The Bertz CT molecular complexity index is 1350. The molecule has 1 N–H and O–H groups in total. The molecule has 1 atom stereocenters. The highest BCUT2D eigenvalue weighted by atomic mass is 35.5. The third-order valence-electron chi connectivity index (χ3n) is 5.37. The van der Waals surface area contributed by atoms with Crippen LogP contribution in [-0.4, -0.2) is 17.2 Å². The summed E-state index contributed by atoms with van der Waals surface area (Å²) in [4.78, 5) is 16.6. The molecule has 1 aliphatic heterocycles. The predicted molar refractivity (Wildman–Crippen MR) is 139 cm³/mol. The summed E-state index contributed by atoms with van der Waals surface area (Å²) in [6, 6.07) is 27.4. The molecule has 0 spiro atoms. The van der Waals surface area contributed by atoms with Gasteiger partial charge in [0.2, 0.25) is 0 Å². The number of rotatable bonds is 6. The smallest absolute Gasteiger partial charge is 0.345 e.